The van der Waals surface area contributed by atoms with Gasteiger partial charge in [0.05, 0.1) is 45.4 Å². The van der Waals surface area contributed by atoms with Crippen molar-refractivity contribution in [1.82, 2.24) is 14.5 Å². The Balaban J connectivity index is 0.967. The van der Waals surface area contributed by atoms with Gasteiger partial charge in [0, 0.05) is 63.9 Å². The Kier molecular flexibility index (Phi) is 8.66. The molecule has 0 fully saturated rings. The number of nitrogens with zero attached hydrogens (tertiary/aromatic N) is 6. The molecular weight excluding hydrogens is 757 g/mol. The molecule has 3 aliphatic rings. The van der Waals surface area contributed by atoms with Crippen LogP contribution in [0.25, 0.3) is 55.7 Å². The Bertz CT molecular complexity index is 3230. The van der Waals surface area contributed by atoms with Crippen LogP contribution in [0, 0.1) is 0 Å². The first-order valence-corrected chi connectivity index (χ1v) is 21.3. The summed E-state index contributed by atoms with van der Waals surface area (Å²) in [4.78, 5) is 23.0. The molecule has 0 radical (unpaired) electrons. The molecule has 3 atom stereocenters. The lowest BCUT2D eigenvalue weighted by atomic mass is 9.87. The summed E-state index contributed by atoms with van der Waals surface area (Å²) in [7, 11) is 0. The van der Waals surface area contributed by atoms with Gasteiger partial charge in [0.15, 0.2) is 0 Å². The van der Waals surface area contributed by atoms with Crippen molar-refractivity contribution in [2.75, 3.05) is 4.90 Å². The van der Waals surface area contributed by atoms with Gasteiger partial charge < -0.3 is 9.47 Å². The number of dihydropyridines is 1. The van der Waals surface area contributed by atoms with Gasteiger partial charge in [-0.15, -0.1) is 0 Å². The molecule has 0 aliphatic carbocycles. The second-order valence-corrected chi connectivity index (χ2v) is 16.2. The van der Waals surface area contributed by atoms with E-state index in [9.17, 15) is 0 Å². The predicted molar refractivity (Wildman–Crippen MR) is 255 cm³/mol. The molecule has 0 N–H and O–H groups in total. The molecule has 3 unspecified atom stereocenters. The number of anilines is 2. The molecule has 0 saturated heterocycles. The van der Waals surface area contributed by atoms with Gasteiger partial charge >= 0.3 is 0 Å². The van der Waals surface area contributed by atoms with Crippen molar-refractivity contribution >= 4 is 50.9 Å². The van der Waals surface area contributed by atoms with Gasteiger partial charge in [-0.1, -0.05) is 133 Å². The van der Waals surface area contributed by atoms with Crippen molar-refractivity contribution in [3.63, 3.8) is 0 Å². The van der Waals surface area contributed by atoms with Gasteiger partial charge in [0.2, 0.25) is 0 Å². The Morgan fingerprint density at radius 1 is 0.565 bits per heavy atom. The van der Waals surface area contributed by atoms with E-state index in [0.29, 0.717) is 0 Å². The molecular formula is C56H40N6. The molecule has 62 heavy (non-hydrogen) atoms. The molecule has 12 rings (SSSR count). The van der Waals surface area contributed by atoms with Gasteiger partial charge in [-0.3, -0.25) is 15.0 Å². The number of hydrogen-bond donors (Lipinski definition) is 0. The van der Waals surface area contributed by atoms with E-state index in [1.807, 2.05) is 18.5 Å². The number of benzene rings is 6. The van der Waals surface area contributed by atoms with Gasteiger partial charge in [-0.2, -0.15) is 0 Å². The average Bonchev–Trinajstić information content (AvgIpc) is 3.87. The zero-order chi connectivity index (χ0) is 41.0. The van der Waals surface area contributed by atoms with Crippen molar-refractivity contribution in [1.29, 1.82) is 0 Å². The number of pyridine rings is 2. The van der Waals surface area contributed by atoms with Crippen molar-refractivity contribution in [3.05, 3.63) is 229 Å². The third kappa shape index (κ3) is 6.19. The van der Waals surface area contributed by atoms with Crippen LogP contribution in [-0.4, -0.2) is 32.5 Å². The van der Waals surface area contributed by atoms with Crippen LogP contribution < -0.4 is 4.90 Å². The molecule has 6 nitrogen and oxygen atoms in total. The summed E-state index contributed by atoms with van der Waals surface area (Å²) in [5.41, 5.74) is 17.1. The van der Waals surface area contributed by atoms with Crippen molar-refractivity contribution < 1.29 is 0 Å². The zero-order valence-corrected chi connectivity index (χ0v) is 33.8. The lowest BCUT2D eigenvalue weighted by Crippen LogP contribution is -2.28. The van der Waals surface area contributed by atoms with Crippen LogP contribution in [0.15, 0.2) is 216 Å². The van der Waals surface area contributed by atoms with E-state index in [-0.39, 0.29) is 18.0 Å². The monoisotopic (exact) mass is 796 g/mol. The highest BCUT2D eigenvalue weighted by molar-refractivity contribution is 6.07. The summed E-state index contributed by atoms with van der Waals surface area (Å²) in [6.07, 6.45) is 11.2. The summed E-state index contributed by atoms with van der Waals surface area (Å²) >= 11 is 0. The van der Waals surface area contributed by atoms with E-state index in [2.05, 4.69) is 204 Å². The maximum Gasteiger partial charge on any atom is 0.101 e. The second kappa shape index (κ2) is 14.9. The van der Waals surface area contributed by atoms with E-state index in [0.717, 1.165) is 84.8 Å². The molecule has 9 aromatic rings. The van der Waals surface area contributed by atoms with E-state index >= 15 is 0 Å². The maximum atomic E-state index is 5.51. The van der Waals surface area contributed by atoms with Gasteiger partial charge in [-0.05, 0) is 83.4 Å². The summed E-state index contributed by atoms with van der Waals surface area (Å²) in [6, 6.07) is 64.9. The average molecular weight is 797 g/mol. The van der Waals surface area contributed by atoms with Crippen molar-refractivity contribution in [2.24, 2.45) is 9.98 Å². The molecule has 0 amide bonds. The molecule has 6 heteroatoms. The fourth-order valence-corrected chi connectivity index (χ4v) is 9.63. The highest BCUT2D eigenvalue weighted by atomic mass is 15.2. The number of fused-ring (bicyclic) bond motifs is 6. The predicted octanol–water partition coefficient (Wildman–Crippen LogP) is 13.1. The van der Waals surface area contributed by atoms with Crippen LogP contribution in [0.2, 0.25) is 0 Å². The first-order valence-electron chi connectivity index (χ1n) is 21.3. The molecule has 6 aromatic carbocycles. The van der Waals surface area contributed by atoms with Crippen molar-refractivity contribution in [2.45, 2.75) is 24.4 Å². The molecule has 3 aliphatic heterocycles. The number of aliphatic imine (C=N–C) groups is 2. The molecule has 3 aromatic heterocycles. The Morgan fingerprint density at radius 2 is 1.32 bits per heavy atom. The topological polar surface area (TPSA) is 58.7 Å². The zero-order valence-electron chi connectivity index (χ0n) is 33.8. The van der Waals surface area contributed by atoms with Crippen LogP contribution in [0.5, 0.6) is 0 Å². The highest BCUT2D eigenvalue weighted by Gasteiger charge is 2.38. The molecule has 6 heterocycles. The minimum Gasteiger partial charge on any atom is -0.332 e. The number of hydrogen-bond acceptors (Lipinski definition) is 5. The normalized spacial score (nSPS) is 17.8. The van der Waals surface area contributed by atoms with E-state index in [1.165, 1.54) is 16.8 Å². The largest absolute Gasteiger partial charge is 0.332 e. The standard InChI is InChI=1S/C56H40N6/c1-3-14-37(15-4-1)41-33-47(39-26-28-43(29-27-39)61-51-22-9-7-20-45(51)55-53(61)24-12-30-57-55)59-49(35-41)50-36-42(38-16-5-2-6-17-38)34-48(60-50)40-18-11-19-44(32-40)62-52-23-10-8-21-46(52)56-54(62)25-13-31-58-56/h1-35,42,53,55H,36H2. The Morgan fingerprint density at radius 3 is 2.21 bits per heavy atom. The maximum absolute atomic E-state index is 5.51. The Labute approximate surface area is 360 Å². The lowest BCUT2D eigenvalue weighted by molar-refractivity contribution is 0.667. The third-order valence-electron chi connectivity index (χ3n) is 12.5. The highest BCUT2D eigenvalue weighted by Crippen LogP contribution is 2.47. The lowest BCUT2D eigenvalue weighted by Gasteiger charge is -2.28. The van der Waals surface area contributed by atoms with E-state index < -0.39 is 0 Å². The van der Waals surface area contributed by atoms with E-state index in [1.54, 1.807) is 0 Å². The summed E-state index contributed by atoms with van der Waals surface area (Å²) < 4.78 is 2.31. The molecule has 0 saturated carbocycles. The fourth-order valence-electron chi connectivity index (χ4n) is 9.63. The minimum absolute atomic E-state index is 0.0889. The van der Waals surface area contributed by atoms with Crippen LogP contribution in [-0.2, 0) is 0 Å². The smallest absolute Gasteiger partial charge is 0.101 e. The first kappa shape index (κ1) is 35.9. The van der Waals surface area contributed by atoms with Gasteiger partial charge in [-0.25, -0.2) is 4.98 Å². The van der Waals surface area contributed by atoms with E-state index in [4.69, 9.17) is 20.0 Å². The number of para-hydroxylation sites is 2. The second-order valence-electron chi connectivity index (χ2n) is 16.2. The first-order chi connectivity index (χ1) is 30.7. The van der Waals surface area contributed by atoms with Crippen LogP contribution in [0.4, 0.5) is 11.4 Å². The summed E-state index contributed by atoms with van der Waals surface area (Å²) in [5.74, 6) is 0.107. The number of aromatic nitrogens is 3. The third-order valence-corrected chi connectivity index (χ3v) is 12.5. The Hall–Kier alpha value is -7.96. The molecule has 0 spiro atoms. The summed E-state index contributed by atoms with van der Waals surface area (Å²) in [6.45, 7) is 0. The number of allylic oxidation sites excluding steroid dienone is 2. The van der Waals surface area contributed by atoms with Crippen LogP contribution >= 0.6 is 0 Å². The molecule has 294 valence electrons. The van der Waals surface area contributed by atoms with Crippen molar-refractivity contribution in [3.8, 4) is 28.1 Å². The van der Waals surface area contributed by atoms with Gasteiger partial charge in [0.25, 0.3) is 0 Å². The van der Waals surface area contributed by atoms with Gasteiger partial charge in [0.1, 0.15) is 6.04 Å². The fraction of sp³-hybridized carbons (Fsp3) is 0.0714. The minimum atomic E-state index is 0.0889. The van der Waals surface area contributed by atoms with Crippen LogP contribution in [0.1, 0.15) is 40.8 Å². The summed E-state index contributed by atoms with van der Waals surface area (Å²) in [5, 5.41) is 1.13. The SMILES string of the molecule is C1=CC2C(N=C1)c1ccccc1N2c1ccc(-c2cc(-c3ccccc3)cc(C3=NC(c4cccc(-n5c6ccccc6c6ncccc65)c4)=CC(c4ccccc4)C3)n2)cc1. The molecule has 0 bridgehead atoms. The van der Waals surface area contributed by atoms with Crippen LogP contribution in [0.3, 0.4) is 0 Å². The number of rotatable bonds is 7. The quantitative estimate of drug-likeness (QED) is 0.161.